The molecule has 0 amide bonds. The minimum absolute atomic E-state index is 0.00516. The van der Waals surface area contributed by atoms with Gasteiger partial charge in [-0.1, -0.05) is 30.3 Å². The molecule has 2 rings (SSSR count). The van der Waals surface area contributed by atoms with E-state index in [1.54, 1.807) is 12.1 Å². The molecular weight excluding hydrogens is 424 g/mol. The number of hydrogen-bond acceptors (Lipinski definition) is 4. The lowest BCUT2D eigenvalue weighted by molar-refractivity contribution is -0.146. The Morgan fingerprint density at radius 2 is 1.96 bits per heavy atom. The minimum atomic E-state index is -0.765. The molecule has 0 saturated heterocycles. The smallest absolute Gasteiger partial charge is 0.323 e. The molecular formula is C18H19FINO3. The Labute approximate surface area is 154 Å². The first-order valence-corrected chi connectivity index (χ1v) is 8.61. The van der Waals surface area contributed by atoms with Gasteiger partial charge in [0.15, 0.2) is 0 Å². The first-order valence-electron chi connectivity index (χ1n) is 7.53. The van der Waals surface area contributed by atoms with Crippen molar-refractivity contribution in [3.05, 3.63) is 63.2 Å². The van der Waals surface area contributed by atoms with Crippen LogP contribution in [-0.2, 0) is 22.6 Å². The van der Waals surface area contributed by atoms with Crippen LogP contribution in [0.15, 0.2) is 48.5 Å². The van der Waals surface area contributed by atoms with Crippen molar-refractivity contribution in [1.29, 1.82) is 0 Å². The molecule has 24 heavy (non-hydrogen) atoms. The van der Waals surface area contributed by atoms with Gasteiger partial charge in [-0.15, -0.1) is 0 Å². The summed E-state index contributed by atoms with van der Waals surface area (Å²) < 4.78 is 23.7. The second-order valence-corrected chi connectivity index (χ2v) is 6.36. The third kappa shape index (κ3) is 5.76. The molecule has 6 heteroatoms. The van der Waals surface area contributed by atoms with Gasteiger partial charge in [0.05, 0.1) is 0 Å². The van der Waals surface area contributed by atoms with E-state index in [-0.39, 0.29) is 13.2 Å². The summed E-state index contributed by atoms with van der Waals surface area (Å²) in [6.07, 6.45) is 0.332. The highest BCUT2D eigenvalue weighted by Gasteiger charge is 2.17. The van der Waals surface area contributed by atoms with Gasteiger partial charge >= 0.3 is 5.97 Å². The van der Waals surface area contributed by atoms with Crippen molar-refractivity contribution >= 4 is 28.6 Å². The number of alkyl halides is 1. The predicted molar refractivity (Wildman–Crippen MR) is 98.5 cm³/mol. The molecule has 0 saturated carbocycles. The SMILES string of the molecule is NC(Cc1cc(OCCF)ccc1I)C(=O)OCc1ccccc1. The van der Waals surface area contributed by atoms with E-state index in [2.05, 4.69) is 22.6 Å². The molecule has 4 nitrogen and oxygen atoms in total. The maximum Gasteiger partial charge on any atom is 0.323 e. The van der Waals surface area contributed by atoms with Crippen LogP contribution in [0.4, 0.5) is 4.39 Å². The summed E-state index contributed by atoms with van der Waals surface area (Å²) in [6.45, 7) is -0.345. The molecule has 0 fully saturated rings. The second-order valence-electron chi connectivity index (χ2n) is 5.19. The molecule has 1 atom stereocenters. The molecule has 0 spiro atoms. The van der Waals surface area contributed by atoms with Gasteiger partial charge in [-0.3, -0.25) is 4.79 Å². The van der Waals surface area contributed by atoms with E-state index in [0.717, 1.165) is 14.7 Å². The van der Waals surface area contributed by atoms with Gasteiger partial charge in [0.2, 0.25) is 0 Å². The van der Waals surface area contributed by atoms with Crippen molar-refractivity contribution in [3.8, 4) is 5.75 Å². The van der Waals surface area contributed by atoms with Crippen molar-refractivity contribution in [2.45, 2.75) is 19.1 Å². The highest BCUT2D eigenvalue weighted by molar-refractivity contribution is 14.1. The molecule has 0 radical (unpaired) electrons. The summed E-state index contributed by atoms with van der Waals surface area (Å²) in [4.78, 5) is 12.1. The fourth-order valence-corrected chi connectivity index (χ4v) is 2.67. The van der Waals surface area contributed by atoms with Crippen LogP contribution in [-0.4, -0.2) is 25.3 Å². The van der Waals surface area contributed by atoms with Gasteiger partial charge in [-0.05, 0) is 58.3 Å². The van der Waals surface area contributed by atoms with Crippen LogP contribution in [0.5, 0.6) is 5.75 Å². The summed E-state index contributed by atoms with van der Waals surface area (Å²) >= 11 is 2.16. The monoisotopic (exact) mass is 443 g/mol. The lowest BCUT2D eigenvalue weighted by Crippen LogP contribution is -2.34. The van der Waals surface area contributed by atoms with Gasteiger partial charge in [0.1, 0.15) is 31.7 Å². The molecule has 2 aromatic rings. The maximum absolute atomic E-state index is 12.2. The number of carbonyl (C=O) groups is 1. The van der Waals surface area contributed by atoms with Crippen LogP contribution < -0.4 is 10.5 Å². The van der Waals surface area contributed by atoms with E-state index in [0.29, 0.717) is 12.2 Å². The van der Waals surface area contributed by atoms with Crippen LogP contribution in [0.25, 0.3) is 0 Å². The highest BCUT2D eigenvalue weighted by Crippen LogP contribution is 2.21. The number of hydrogen-bond donors (Lipinski definition) is 1. The summed E-state index contributed by atoms with van der Waals surface area (Å²) in [5.74, 6) is 0.109. The van der Waals surface area contributed by atoms with Crippen LogP contribution in [0, 0.1) is 3.57 Å². The van der Waals surface area contributed by atoms with E-state index in [1.807, 2.05) is 36.4 Å². The van der Waals surface area contributed by atoms with E-state index in [4.69, 9.17) is 15.2 Å². The summed E-state index contributed by atoms with van der Waals surface area (Å²) in [7, 11) is 0. The normalized spacial score (nSPS) is 11.8. The fourth-order valence-electron chi connectivity index (χ4n) is 2.11. The fraction of sp³-hybridized carbons (Fsp3) is 0.278. The van der Waals surface area contributed by atoms with Crippen molar-refractivity contribution < 1.29 is 18.7 Å². The second kappa shape index (κ2) is 9.58. The van der Waals surface area contributed by atoms with Crippen molar-refractivity contribution in [2.75, 3.05) is 13.3 Å². The van der Waals surface area contributed by atoms with Crippen LogP contribution in [0.2, 0.25) is 0 Å². The largest absolute Gasteiger partial charge is 0.491 e. The van der Waals surface area contributed by atoms with Crippen molar-refractivity contribution in [3.63, 3.8) is 0 Å². The van der Waals surface area contributed by atoms with Gasteiger partial charge in [0, 0.05) is 3.57 Å². The van der Waals surface area contributed by atoms with Crippen molar-refractivity contribution in [2.24, 2.45) is 5.73 Å². The van der Waals surface area contributed by atoms with E-state index in [9.17, 15) is 9.18 Å². The first kappa shape index (κ1) is 18.7. The molecule has 2 aromatic carbocycles. The van der Waals surface area contributed by atoms with Crippen LogP contribution in [0.1, 0.15) is 11.1 Å². The summed E-state index contributed by atoms with van der Waals surface area (Å²) in [5.41, 5.74) is 7.74. The maximum atomic E-state index is 12.2. The van der Waals surface area contributed by atoms with Crippen LogP contribution >= 0.6 is 22.6 Å². The van der Waals surface area contributed by atoms with E-state index < -0.39 is 18.7 Å². The third-order valence-corrected chi connectivity index (χ3v) is 4.38. The minimum Gasteiger partial charge on any atom is -0.491 e. The molecule has 0 bridgehead atoms. The van der Waals surface area contributed by atoms with Crippen molar-refractivity contribution in [1.82, 2.24) is 0 Å². The topological polar surface area (TPSA) is 61.5 Å². The summed E-state index contributed by atoms with van der Waals surface area (Å²) in [5, 5.41) is 0. The average Bonchev–Trinajstić information content (AvgIpc) is 2.61. The Morgan fingerprint density at radius 3 is 2.67 bits per heavy atom. The molecule has 2 N–H and O–H groups in total. The number of rotatable bonds is 8. The molecule has 128 valence electrons. The first-order chi connectivity index (χ1) is 11.6. The Balaban J connectivity index is 1.93. The van der Waals surface area contributed by atoms with Gasteiger partial charge in [-0.2, -0.15) is 0 Å². The van der Waals surface area contributed by atoms with E-state index >= 15 is 0 Å². The number of nitrogens with two attached hydrogens (primary N) is 1. The lowest BCUT2D eigenvalue weighted by atomic mass is 10.1. The average molecular weight is 443 g/mol. The van der Waals surface area contributed by atoms with Gasteiger partial charge in [0.25, 0.3) is 0 Å². The number of halogens is 2. The van der Waals surface area contributed by atoms with Gasteiger partial charge in [-0.25, -0.2) is 4.39 Å². The zero-order chi connectivity index (χ0) is 17.4. The zero-order valence-electron chi connectivity index (χ0n) is 13.1. The van der Waals surface area contributed by atoms with Gasteiger partial charge < -0.3 is 15.2 Å². The molecule has 0 aromatic heterocycles. The van der Waals surface area contributed by atoms with Crippen LogP contribution in [0.3, 0.4) is 0 Å². The number of ether oxygens (including phenoxy) is 2. The predicted octanol–water partition coefficient (Wildman–Crippen LogP) is 3.25. The Hall–Kier alpha value is -1.67. The highest BCUT2D eigenvalue weighted by atomic mass is 127. The zero-order valence-corrected chi connectivity index (χ0v) is 15.2. The number of esters is 1. The Morgan fingerprint density at radius 1 is 1.21 bits per heavy atom. The van der Waals surface area contributed by atoms with E-state index in [1.165, 1.54) is 0 Å². The standard InChI is InChI=1S/C18H19FINO3/c19-8-9-23-15-6-7-16(20)14(10-15)11-17(21)18(22)24-12-13-4-2-1-3-5-13/h1-7,10,17H,8-9,11-12,21H2. The molecule has 0 aliphatic carbocycles. The Kier molecular flexibility index (Phi) is 7.45. The molecule has 0 aliphatic heterocycles. The number of benzene rings is 2. The molecule has 0 heterocycles. The molecule has 1 unspecified atom stereocenters. The Bertz CT molecular complexity index is 667. The summed E-state index contributed by atoms with van der Waals surface area (Å²) in [6, 6.07) is 14.1. The third-order valence-electron chi connectivity index (χ3n) is 3.33. The quantitative estimate of drug-likeness (QED) is 0.503. The lowest BCUT2D eigenvalue weighted by Gasteiger charge is -2.14. The number of carbonyl (C=O) groups excluding carboxylic acids is 1. The molecule has 0 aliphatic rings.